The molecule has 16 heavy (non-hydrogen) atoms. The van der Waals surface area contributed by atoms with Gasteiger partial charge in [0.25, 0.3) is 0 Å². The zero-order valence-corrected chi connectivity index (χ0v) is 10.3. The molecular formula is C14H15NS. The summed E-state index contributed by atoms with van der Waals surface area (Å²) in [6.45, 7) is 4.17. The van der Waals surface area contributed by atoms with Gasteiger partial charge in [0.15, 0.2) is 0 Å². The lowest BCUT2D eigenvalue weighted by atomic mass is 10.2. The maximum atomic E-state index is 5.95. The van der Waals surface area contributed by atoms with E-state index in [1.54, 1.807) is 11.8 Å². The number of hydrogen-bond donors (Lipinski definition) is 1. The van der Waals surface area contributed by atoms with Crippen LogP contribution in [0.4, 0.5) is 5.69 Å². The first-order valence-corrected chi connectivity index (χ1v) is 6.07. The quantitative estimate of drug-likeness (QED) is 0.787. The molecule has 0 aliphatic heterocycles. The van der Waals surface area contributed by atoms with Crippen LogP contribution in [0.3, 0.4) is 0 Å². The Morgan fingerprint density at radius 1 is 0.875 bits per heavy atom. The van der Waals surface area contributed by atoms with Crippen LogP contribution in [0.25, 0.3) is 0 Å². The fraction of sp³-hybridized carbons (Fsp3) is 0.143. The minimum absolute atomic E-state index is 0.844. The smallest absolute Gasteiger partial charge is 0.0456 e. The monoisotopic (exact) mass is 229 g/mol. The van der Waals surface area contributed by atoms with Gasteiger partial charge in [0.05, 0.1) is 0 Å². The summed E-state index contributed by atoms with van der Waals surface area (Å²) in [6, 6.07) is 14.6. The fourth-order valence-corrected chi connectivity index (χ4v) is 2.42. The second-order valence-corrected chi connectivity index (χ2v) is 5.07. The standard InChI is InChI=1S/C14H15NS/c1-10-3-6-12(7-4-10)16-14-9-11(2)5-8-13(14)15/h3-9H,15H2,1-2H3. The molecule has 2 aromatic carbocycles. The Labute approximate surface area is 101 Å². The van der Waals surface area contributed by atoms with Crippen LogP contribution < -0.4 is 5.73 Å². The molecule has 2 aromatic rings. The normalized spacial score (nSPS) is 10.4. The van der Waals surface area contributed by atoms with E-state index in [-0.39, 0.29) is 0 Å². The molecule has 0 spiro atoms. The third-order valence-electron chi connectivity index (χ3n) is 2.42. The Kier molecular flexibility index (Phi) is 3.20. The summed E-state index contributed by atoms with van der Waals surface area (Å²) in [6.07, 6.45) is 0. The van der Waals surface area contributed by atoms with Gasteiger partial charge in [-0.1, -0.05) is 35.5 Å². The number of nitrogen functional groups attached to an aromatic ring is 1. The highest BCUT2D eigenvalue weighted by Crippen LogP contribution is 2.32. The predicted molar refractivity (Wildman–Crippen MR) is 70.9 cm³/mol. The summed E-state index contributed by atoms with van der Waals surface area (Å²) >= 11 is 1.71. The Morgan fingerprint density at radius 2 is 1.50 bits per heavy atom. The number of rotatable bonds is 2. The Balaban J connectivity index is 2.26. The maximum absolute atomic E-state index is 5.95. The van der Waals surface area contributed by atoms with Crippen molar-refractivity contribution in [2.24, 2.45) is 0 Å². The van der Waals surface area contributed by atoms with Crippen LogP contribution in [0.1, 0.15) is 11.1 Å². The van der Waals surface area contributed by atoms with Crippen molar-refractivity contribution in [1.29, 1.82) is 0 Å². The van der Waals surface area contributed by atoms with Crippen molar-refractivity contribution in [1.82, 2.24) is 0 Å². The first-order valence-electron chi connectivity index (χ1n) is 5.26. The van der Waals surface area contributed by atoms with E-state index >= 15 is 0 Å². The van der Waals surface area contributed by atoms with E-state index in [0.717, 1.165) is 10.6 Å². The van der Waals surface area contributed by atoms with Crippen molar-refractivity contribution in [2.75, 3.05) is 5.73 Å². The molecule has 0 aliphatic carbocycles. The second-order valence-electron chi connectivity index (χ2n) is 3.96. The van der Waals surface area contributed by atoms with Crippen LogP contribution in [0.2, 0.25) is 0 Å². The van der Waals surface area contributed by atoms with E-state index in [9.17, 15) is 0 Å². The van der Waals surface area contributed by atoms with E-state index < -0.39 is 0 Å². The molecule has 2 heteroatoms. The molecule has 0 unspecified atom stereocenters. The molecule has 0 saturated heterocycles. The average molecular weight is 229 g/mol. The number of benzene rings is 2. The van der Waals surface area contributed by atoms with Gasteiger partial charge < -0.3 is 5.73 Å². The van der Waals surface area contributed by atoms with Crippen molar-refractivity contribution < 1.29 is 0 Å². The minimum Gasteiger partial charge on any atom is -0.398 e. The lowest BCUT2D eigenvalue weighted by molar-refractivity contribution is 1.34. The first-order chi connectivity index (χ1) is 7.65. The van der Waals surface area contributed by atoms with Gasteiger partial charge in [0, 0.05) is 15.5 Å². The maximum Gasteiger partial charge on any atom is 0.0456 e. The van der Waals surface area contributed by atoms with Crippen molar-refractivity contribution in [3.63, 3.8) is 0 Å². The highest BCUT2D eigenvalue weighted by atomic mass is 32.2. The van der Waals surface area contributed by atoms with E-state index in [0.29, 0.717) is 0 Å². The van der Waals surface area contributed by atoms with Gasteiger partial charge in [-0.05, 0) is 43.7 Å². The van der Waals surface area contributed by atoms with Gasteiger partial charge in [-0.2, -0.15) is 0 Å². The van der Waals surface area contributed by atoms with Gasteiger partial charge >= 0.3 is 0 Å². The van der Waals surface area contributed by atoms with Gasteiger partial charge in [-0.15, -0.1) is 0 Å². The van der Waals surface area contributed by atoms with Crippen LogP contribution in [0, 0.1) is 13.8 Å². The number of nitrogens with two attached hydrogens (primary N) is 1. The number of anilines is 1. The zero-order valence-electron chi connectivity index (χ0n) is 9.53. The van der Waals surface area contributed by atoms with Crippen molar-refractivity contribution in [2.45, 2.75) is 23.6 Å². The zero-order chi connectivity index (χ0) is 11.5. The van der Waals surface area contributed by atoms with Gasteiger partial charge in [-0.25, -0.2) is 0 Å². The van der Waals surface area contributed by atoms with Crippen molar-refractivity contribution in [3.8, 4) is 0 Å². The molecule has 0 amide bonds. The van der Waals surface area contributed by atoms with Crippen LogP contribution in [0.15, 0.2) is 52.3 Å². The molecule has 0 bridgehead atoms. The third kappa shape index (κ3) is 2.58. The predicted octanol–water partition coefficient (Wildman–Crippen LogP) is 4.04. The van der Waals surface area contributed by atoms with E-state index in [2.05, 4.69) is 44.2 Å². The van der Waals surface area contributed by atoms with Gasteiger partial charge in [-0.3, -0.25) is 0 Å². The number of aryl methyl sites for hydroxylation is 2. The molecule has 1 nitrogen and oxygen atoms in total. The van der Waals surface area contributed by atoms with Crippen LogP contribution >= 0.6 is 11.8 Å². The Bertz CT molecular complexity index is 489. The molecule has 0 aliphatic rings. The SMILES string of the molecule is Cc1ccc(Sc2cc(C)ccc2N)cc1. The van der Waals surface area contributed by atoms with Crippen molar-refractivity contribution >= 4 is 17.4 Å². The lowest BCUT2D eigenvalue weighted by Gasteiger charge is -2.06. The molecule has 0 saturated carbocycles. The average Bonchev–Trinajstić information content (AvgIpc) is 2.27. The molecule has 0 radical (unpaired) electrons. The lowest BCUT2D eigenvalue weighted by Crippen LogP contribution is -1.88. The summed E-state index contributed by atoms with van der Waals surface area (Å²) in [5.41, 5.74) is 9.31. The molecule has 0 aromatic heterocycles. The summed E-state index contributed by atoms with van der Waals surface area (Å²) in [7, 11) is 0. The number of hydrogen-bond acceptors (Lipinski definition) is 2. The molecule has 0 heterocycles. The second kappa shape index (κ2) is 4.62. The Hall–Kier alpha value is -1.41. The first kappa shape index (κ1) is 11.1. The largest absolute Gasteiger partial charge is 0.398 e. The molecule has 0 atom stereocenters. The summed E-state index contributed by atoms with van der Waals surface area (Å²) in [5, 5.41) is 0. The van der Waals surface area contributed by atoms with Gasteiger partial charge in [0.1, 0.15) is 0 Å². The molecule has 2 N–H and O–H groups in total. The highest BCUT2D eigenvalue weighted by molar-refractivity contribution is 7.99. The van der Waals surface area contributed by atoms with Crippen LogP contribution in [-0.2, 0) is 0 Å². The van der Waals surface area contributed by atoms with Crippen LogP contribution in [0.5, 0.6) is 0 Å². The molecule has 2 rings (SSSR count). The summed E-state index contributed by atoms with van der Waals surface area (Å²) in [4.78, 5) is 2.35. The highest BCUT2D eigenvalue weighted by Gasteiger charge is 2.01. The van der Waals surface area contributed by atoms with Crippen LogP contribution in [-0.4, -0.2) is 0 Å². The fourth-order valence-electron chi connectivity index (χ4n) is 1.46. The summed E-state index contributed by atoms with van der Waals surface area (Å²) in [5.74, 6) is 0. The Morgan fingerprint density at radius 3 is 2.19 bits per heavy atom. The summed E-state index contributed by atoms with van der Waals surface area (Å²) < 4.78 is 0. The molecule has 0 fully saturated rings. The van der Waals surface area contributed by atoms with E-state index in [1.165, 1.54) is 16.0 Å². The minimum atomic E-state index is 0.844. The van der Waals surface area contributed by atoms with E-state index in [1.807, 2.05) is 12.1 Å². The van der Waals surface area contributed by atoms with Gasteiger partial charge in [0.2, 0.25) is 0 Å². The van der Waals surface area contributed by atoms with Crippen molar-refractivity contribution in [3.05, 3.63) is 53.6 Å². The van der Waals surface area contributed by atoms with E-state index in [4.69, 9.17) is 5.73 Å². The molecule has 82 valence electrons. The third-order valence-corrected chi connectivity index (χ3v) is 3.50. The topological polar surface area (TPSA) is 26.0 Å². The molecular weight excluding hydrogens is 214 g/mol.